The molecular formula is C14H17Li2N4O5PS. The standard InChI is InChI=1S/C14H19N4O5PS.2Li/c1-2-3-24(22,23)18-11(5-10-7-25-8-16-10)13(19)17-9-4-12(14(20)21)15-6-9;;/h4,6-8,11,15H,2-3,5H2,1H3,(H,17,19)(H,20,21)(H2,18,22,23);;/q;2*+1/p-2. The number of nitrogens with zero attached hydrogens (tertiary/aromatic N) is 1. The van der Waals surface area contributed by atoms with Crippen molar-refractivity contribution in [2.75, 3.05) is 11.5 Å². The molecule has 3 N–H and O–H groups in total. The van der Waals surface area contributed by atoms with Crippen LogP contribution < -0.4 is 58.1 Å². The summed E-state index contributed by atoms with van der Waals surface area (Å²) in [5.41, 5.74) is 2.18. The summed E-state index contributed by atoms with van der Waals surface area (Å²) < 4.78 is 12.0. The number of rotatable bonds is 9. The van der Waals surface area contributed by atoms with Gasteiger partial charge in [0.2, 0.25) is 5.91 Å². The largest absolute Gasteiger partial charge is 1.00 e. The van der Waals surface area contributed by atoms with Crippen LogP contribution in [0.1, 0.15) is 29.5 Å². The van der Waals surface area contributed by atoms with Gasteiger partial charge in [-0.15, -0.1) is 11.3 Å². The number of aromatic carboxylic acids is 1. The molecule has 136 valence electrons. The van der Waals surface area contributed by atoms with Gasteiger partial charge in [0.15, 0.2) is 0 Å². The molecular weight excluding hydrogens is 381 g/mol. The summed E-state index contributed by atoms with van der Waals surface area (Å²) in [5, 5.41) is 17.4. The van der Waals surface area contributed by atoms with Crippen molar-refractivity contribution in [3.8, 4) is 0 Å². The molecule has 0 radical (unpaired) electrons. The Kier molecular flexibility index (Phi) is 11.6. The van der Waals surface area contributed by atoms with Crippen molar-refractivity contribution in [2.45, 2.75) is 25.8 Å². The molecule has 0 aliphatic heterocycles. The number of carbonyl (C=O) groups is 2. The van der Waals surface area contributed by atoms with E-state index in [-0.39, 0.29) is 61.7 Å². The Morgan fingerprint density at radius 1 is 1.41 bits per heavy atom. The van der Waals surface area contributed by atoms with Gasteiger partial charge in [-0.25, -0.2) is 4.98 Å². The van der Waals surface area contributed by atoms with Crippen molar-refractivity contribution in [1.82, 2.24) is 15.1 Å². The first kappa shape index (κ1) is 26.2. The van der Waals surface area contributed by atoms with Crippen molar-refractivity contribution in [3.63, 3.8) is 0 Å². The molecule has 27 heavy (non-hydrogen) atoms. The van der Waals surface area contributed by atoms with Gasteiger partial charge in [0.05, 0.1) is 42.1 Å². The Labute approximate surface area is 184 Å². The number of carbonyl (C=O) groups excluding carboxylic acids is 2. The number of thiazole rings is 1. The Bertz CT molecular complexity index is 786. The zero-order valence-electron chi connectivity index (χ0n) is 15.4. The molecule has 2 aromatic rings. The third kappa shape index (κ3) is 8.39. The molecule has 0 aliphatic carbocycles. The smallest absolute Gasteiger partial charge is 0.788 e. The Morgan fingerprint density at radius 3 is 2.63 bits per heavy atom. The van der Waals surface area contributed by atoms with Gasteiger partial charge >= 0.3 is 37.7 Å². The SMILES string of the molecule is CCCP(=O)([O-])NC(Cc1cscn1)C(=O)Nc1c[nH]c(C(=O)[O-])c1.[Li+].[Li+]. The van der Waals surface area contributed by atoms with E-state index in [1.807, 2.05) is 0 Å². The molecule has 2 unspecified atom stereocenters. The first-order valence-electron chi connectivity index (χ1n) is 7.46. The number of hydrogen-bond donors (Lipinski definition) is 3. The van der Waals surface area contributed by atoms with Crippen LogP contribution in [0.25, 0.3) is 0 Å². The van der Waals surface area contributed by atoms with Crippen LogP contribution >= 0.6 is 18.9 Å². The molecule has 13 heteroatoms. The summed E-state index contributed by atoms with van der Waals surface area (Å²) in [7, 11) is -3.93. The van der Waals surface area contributed by atoms with Crippen LogP contribution in [0.5, 0.6) is 0 Å². The van der Waals surface area contributed by atoms with Crippen molar-refractivity contribution in [1.29, 1.82) is 0 Å². The minimum absolute atomic E-state index is 0. The molecule has 2 aromatic heterocycles. The molecule has 2 rings (SSSR count). The maximum absolute atomic E-state index is 12.5. The van der Waals surface area contributed by atoms with E-state index in [0.717, 1.165) is 0 Å². The molecule has 2 atom stereocenters. The van der Waals surface area contributed by atoms with Gasteiger partial charge in [-0.1, -0.05) is 6.92 Å². The van der Waals surface area contributed by atoms with E-state index in [2.05, 4.69) is 20.4 Å². The van der Waals surface area contributed by atoms with E-state index in [1.165, 1.54) is 23.6 Å². The van der Waals surface area contributed by atoms with Crippen molar-refractivity contribution in [2.24, 2.45) is 0 Å². The number of H-pyrrole nitrogens is 1. The Morgan fingerprint density at radius 2 is 2.11 bits per heavy atom. The number of carboxylic acid groups (broad SMARTS) is 1. The number of carboxylic acids is 1. The van der Waals surface area contributed by atoms with E-state index >= 15 is 0 Å². The molecule has 0 spiro atoms. The van der Waals surface area contributed by atoms with Crippen molar-refractivity contribution < 1.29 is 61.9 Å². The zero-order valence-corrected chi connectivity index (χ0v) is 17.1. The van der Waals surface area contributed by atoms with Gasteiger partial charge in [-0.3, -0.25) is 9.88 Å². The monoisotopic (exact) mass is 398 g/mol. The molecule has 0 aliphatic rings. The number of hydrogen-bond acceptors (Lipinski definition) is 7. The number of amides is 1. The molecule has 0 aromatic carbocycles. The fourth-order valence-electron chi connectivity index (χ4n) is 2.15. The zero-order chi connectivity index (χ0) is 18.4. The van der Waals surface area contributed by atoms with Crippen molar-refractivity contribution in [3.05, 3.63) is 34.5 Å². The van der Waals surface area contributed by atoms with Gasteiger partial charge in [-0.05, 0) is 12.5 Å². The van der Waals surface area contributed by atoms with E-state index in [1.54, 1.807) is 17.8 Å². The van der Waals surface area contributed by atoms with Crippen LogP contribution in [-0.2, 0) is 15.8 Å². The van der Waals surface area contributed by atoms with Gasteiger partial charge in [0.25, 0.3) is 0 Å². The summed E-state index contributed by atoms with van der Waals surface area (Å²) in [4.78, 5) is 41.8. The van der Waals surface area contributed by atoms with Crippen LogP contribution in [0.3, 0.4) is 0 Å². The van der Waals surface area contributed by atoms with Gasteiger partial charge < -0.3 is 29.7 Å². The van der Waals surface area contributed by atoms with E-state index in [0.29, 0.717) is 12.1 Å². The number of aromatic amines is 1. The molecule has 0 saturated heterocycles. The second-order valence-electron chi connectivity index (χ2n) is 5.34. The van der Waals surface area contributed by atoms with Crippen LogP contribution in [-0.4, -0.2) is 34.0 Å². The topological polar surface area (TPSA) is 150 Å². The predicted octanol–water partition coefficient (Wildman–Crippen LogP) is -6.05. The van der Waals surface area contributed by atoms with Gasteiger partial charge in [-0.2, -0.15) is 0 Å². The molecule has 2 heterocycles. The molecule has 1 amide bonds. The summed E-state index contributed by atoms with van der Waals surface area (Å²) in [5.74, 6) is -2.02. The predicted molar refractivity (Wildman–Crippen MR) is 89.3 cm³/mol. The van der Waals surface area contributed by atoms with Crippen LogP contribution in [0.2, 0.25) is 0 Å². The van der Waals surface area contributed by atoms with Crippen LogP contribution in [0, 0.1) is 0 Å². The molecule has 0 fully saturated rings. The number of aromatic nitrogens is 2. The minimum Gasteiger partial charge on any atom is -0.788 e. The third-order valence-corrected chi connectivity index (χ3v) is 5.63. The van der Waals surface area contributed by atoms with Crippen molar-refractivity contribution >= 4 is 36.4 Å². The second kappa shape index (κ2) is 11.9. The Hall–Kier alpha value is -0.805. The summed E-state index contributed by atoms with van der Waals surface area (Å²) in [6.45, 7) is 1.73. The Balaban J connectivity index is 0.00000338. The van der Waals surface area contributed by atoms with Crippen LogP contribution in [0.15, 0.2) is 23.2 Å². The quantitative estimate of drug-likeness (QED) is 0.281. The average molecular weight is 398 g/mol. The average Bonchev–Trinajstić information content (AvgIpc) is 3.17. The van der Waals surface area contributed by atoms with Gasteiger partial charge in [0.1, 0.15) is 0 Å². The molecule has 9 nitrogen and oxygen atoms in total. The first-order valence-corrected chi connectivity index (χ1v) is 10.2. The number of anilines is 1. The van der Waals surface area contributed by atoms with E-state index in [9.17, 15) is 24.2 Å². The maximum atomic E-state index is 12.5. The van der Waals surface area contributed by atoms with E-state index < -0.39 is 25.4 Å². The molecule has 0 saturated carbocycles. The van der Waals surface area contributed by atoms with E-state index in [4.69, 9.17) is 0 Å². The fraction of sp³-hybridized carbons (Fsp3) is 0.357. The molecule has 0 bridgehead atoms. The number of nitrogens with one attached hydrogen (secondary N) is 3. The fourth-order valence-corrected chi connectivity index (χ4v) is 4.13. The summed E-state index contributed by atoms with van der Waals surface area (Å²) in [6, 6.07) is 0.133. The summed E-state index contributed by atoms with van der Waals surface area (Å²) >= 11 is 1.34. The summed E-state index contributed by atoms with van der Waals surface area (Å²) in [6.07, 6.45) is 1.72. The van der Waals surface area contributed by atoms with Gasteiger partial charge in [0, 0.05) is 24.2 Å². The van der Waals surface area contributed by atoms with Crippen LogP contribution in [0.4, 0.5) is 5.69 Å². The maximum Gasteiger partial charge on any atom is 1.00 e. The third-order valence-electron chi connectivity index (χ3n) is 3.25. The second-order valence-corrected chi connectivity index (χ2v) is 8.11. The first-order chi connectivity index (χ1) is 11.8. The normalized spacial score (nSPS) is 13.6. The minimum atomic E-state index is -3.93.